The number of anilines is 1. The van der Waals surface area contributed by atoms with E-state index in [4.69, 9.17) is 0 Å². The summed E-state index contributed by atoms with van der Waals surface area (Å²) in [7, 11) is -2.18. The van der Waals surface area contributed by atoms with Gasteiger partial charge in [-0.2, -0.15) is 0 Å². The minimum Gasteiger partial charge on any atom is -0.387 e. The first-order valence-electron chi connectivity index (χ1n) is 10.4. The van der Waals surface area contributed by atoms with Crippen molar-refractivity contribution in [2.75, 3.05) is 12.4 Å². The lowest BCUT2D eigenvalue weighted by Crippen LogP contribution is -2.38. The second kappa shape index (κ2) is 7.16. The van der Waals surface area contributed by atoms with Crippen LogP contribution in [0.2, 0.25) is 0 Å². The highest BCUT2D eigenvalue weighted by Gasteiger charge is 2.40. The summed E-state index contributed by atoms with van der Waals surface area (Å²) in [5, 5.41) is 7.77. The number of aromatic nitrogens is 1. The van der Waals surface area contributed by atoms with E-state index in [2.05, 4.69) is 10.6 Å². The molecular formula is C23H25N3O3S. The highest BCUT2D eigenvalue weighted by Crippen LogP contribution is 2.44. The molecule has 2 fully saturated rings. The number of amides is 1. The van der Waals surface area contributed by atoms with Gasteiger partial charge in [0.05, 0.1) is 5.69 Å². The number of benzene rings is 2. The zero-order valence-electron chi connectivity index (χ0n) is 16.8. The maximum absolute atomic E-state index is 13.4. The molecule has 2 aromatic carbocycles. The molecule has 0 spiro atoms. The molecule has 3 atom stereocenters. The van der Waals surface area contributed by atoms with Gasteiger partial charge in [0, 0.05) is 41.8 Å². The van der Waals surface area contributed by atoms with E-state index in [0.29, 0.717) is 17.2 Å². The Balaban J connectivity index is 1.48. The lowest BCUT2D eigenvalue weighted by Gasteiger charge is -2.23. The first kappa shape index (κ1) is 19.2. The van der Waals surface area contributed by atoms with Crippen LogP contribution in [0.5, 0.6) is 0 Å². The third-order valence-corrected chi connectivity index (χ3v) is 8.31. The molecule has 5 rings (SSSR count). The Kier molecular flexibility index (Phi) is 4.58. The van der Waals surface area contributed by atoms with Crippen LogP contribution in [0.25, 0.3) is 10.8 Å². The fourth-order valence-corrected chi connectivity index (χ4v) is 6.52. The van der Waals surface area contributed by atoms with Crippen molar-refractivity contribution in [3.63, 3.8) is 0 Å². The third-order valence-electron chi connectivity index (χ3n) is 6.65. The molecule has 1 aromatic heterocycles. The van der Waals surface area contributed by atoms with Crippen LogP contribution >= 0.6 is 0 Å². The Hall–Kier alpha value is -2.80. The summed E-state index contributed by atoms with van der Waals surface area (Å²) in [5.74, 6) is 1.08. The number of carbonyl (C=O) groups excluding carboxylic acids is 1. The van der Waals surface area contributed by atoms with Gasteiger partial charge in [-0.25, -0.2) is 12.4 Å². The molecule has 30 heavy (non-hydrogen) atoms. The number of hydrogen-bond acceptors (Lipinski definition) is 4. The van der Waals surface area contributed by atoms with Gasteiger partial charge < -0.3 is 10.6 Å². The van der Waals surface area contributed by atoms with Gasteiger partial charge in [0.25, 0.3) is 15.9 Å². The molecular weight excluding hydrogens is 398 g/mol. The monoisotopic (exact) mass is 423 g/mol. The van der Waals surface area contributed by atoms with Crippen LogP contribution in [0.4, 0.5) is 5.69 Å². The van der Waals surface area contributed by atoms with Crippen molar-refractivity contribution in [3.8, 4) is 0 Å². The van der Waals surface area contributed by atoms with Crippen molar-refractivity contribution in [2.24, 2.45) is 11.8 Å². The summed E-state index contributed by atoms with van der Waals surface area (Å²) in [6.45, 7) is 0. The Bertz CT molecular complexity index is 1200. The van der Waals surface area contributed by atoms with E-state index in [-0.39, 0.29) is 16.8 Å². The van der Waals surface area contributed by atoms with Gasteiger partial charge >= 0.3 is 0 Å². The lowest BCUT2D eigenvalue weighted by atomic mass is 9.95. The van der Waals surface area contributed by atoms with Crippen molar-refractivity contribution in [1.29, 1.82) is 0 Å². The predicted molar refractivity (Wildman–Crippen MR) is 117 cm³/mol. The Morgan fingerprint density at radius 1 is 1.03 bits per heavy atom. The van der Waals surface area contributed by atoms with E-state index in [1.807, 2.05) is 24.3 Å². The topological polar surface area (TPSA) is 80.2 Å². The maximum atomic E-state index is 13.4. The molecule has 7 heteroatoms. The second-order valence-corrected chi connectivity index (χ2v) is 10.2. The summed E-state index contributed by atoms with van der Waals surface area (Å²) in [6, 6.07) is 12.5. The quantitative estimate of drug-likeness (QED) is 0.653. The van der Waals surface area contributed by atoms with E-state index < -0.39 is 10.0 Å². The highest BCUT2D eigenvalue weighted by molar-refractivity contribution is 7.90. The summed E-state index contributed by atoms with van der Waals surface area (Å²) in [5.41, 5.74) is 0.830. The molecule has 1 amide bonds. The lowest BCUT2D eigenvalue weighted by molar-refractivity contribution is 0.0922. The number of hydrogen-bond donors (Lipinski definition) is 2. The van der Waals surface area contributed by atoms with Crippen LogP contribution < -0.4 is 10.6 Å². The first-order chi connectivity index (χ1) is 14.5. The molecule has 0 aliphatic heterocycles. The maximum Gasteiger partial charge on any atom is 0.269 e. The van der Waals surface area contributed by atoms with Gasteiger partial charge in [0.15, 0.2) is 0 Å². The fourth-order valence-electron chi connectivity index (χ4n) is 5.07. The summed E-state index contributed by atoms with van der Waals surface area (Å²) >= 11 is 0. The van der Waals surface area contributed by atoms with Crippen LogP contribution in [0, 0.1) is 11.8 Å². The van der Waals surface area contributed by atoms with Gasteiger partial charge in [-0.15, -0.1) is 0 Å². The zero-order valence-corrected chi connectivity index (χ0v) is 17.7. The molecule has 2 aliphatic carbocycles. The van der Waals surface area contributed by atoms with Crippen molar-refractivity contribution in [2.45, 2.75) is 36.6 Å². The van der Waals surface area contributed by atoms with E-state index in [1.165, 1.54) is 29.3 Å². The van der Waals surface area contributed by atoms with Crippen molar-refractivity contribution in [3.05, 3.63) is 60.4 Å². The summed E-state index contributed by atoms with van der Waals surface area (Å²) < 4.78 is 28.0. The smallest absolute Gasteiger partial charge is 0.269 e. The molecule has 3 aromatic rings. The Labute approximate surface area is 176 Å². The van der Waals surface area contributed by atoms with E-state index >= 15 is 0 Å². The van der Waals surface area contributed by atoms with Crippen LogP contribution in [0.15, 0.2) is 59.8 Å². The minimum absolute atomic E-state index is 0.0888. The van der Waals surface area contributed by atoms with E-state index in [0.717, 1.165) is 23.1 Å². The van der Waals surface area contributed by atoms with E-state index in [9.17, 15) is 13.2 Å². The standard InChI is InChI=1S/C23H25N3O3S/c1-24-20-9-8-17(23(27)25-21-11-15-6-7-16(21)10-15)12-22(20)30(28,29)26-13-18-4-2-3-5-19(18)14-26/h2-5,8-9,12-16,21,24H,6-7,10-11H2,1H3,(H,25,27). The summed E-state index contributed by atoms with van der Waals surface area (Å²) in [4.78, 5) is 13.0. The number of carbonyl (C=O) groups is 1. The fraction of sp³-hybridized carbons (Fsp3) is 0.348. The molecule has 2 bridgehead atoms. The van der Waals surface area contributed by atoms with E-state index in [1.54, 1.807) is 31.6 Å². The number of rotatable bonds is 5. The molecule has 1 heterocycles. The Morgan fingerprint density at radius 3 is 2.37 bits per heavy atom. The molecule has 0 radical (unpaired) electrons. The Morgan fingerprint density at radius 2 is 1.77 bits per heavy atom. The van der Waals surface area contributed by atoms with Crippen LogP contribution in [-0.4, -0.2) is 31.4 Å². The van der Waals surface area contributed by atoms with Crippen LogP contribution in [-0.2, 0) is 10.0 Å². The molecule has 2 N–H and O–H groups in total. The minimum atomic E-state index is -3.86. The average Bonchev–Trinajstić information content (AvgIpc) is 3.48. The van der Waals surface area contributed by atoms with Gasteiger partial charge in [-0.3, -0.25) is 4.79 Å². The molecule has 6 nitrogen and oxygen atoms in total. The molecule has 3 unspecified atom stereocenters. The largest absolute Gasteiger partial charge is 0.387 e. The average molecular weight is 424 g/mol. The van der Waals surface area contributed by atoms with Gasteiger partial charge in [0.1, 0.15) is 4.90 Å². The van der Waals surface area contributed by atoms with Gasteiger partial charge in [-0.05, 0) is 49.3 Å². The molecule has 156 valence electrons. The normalized spacial score (nSPS) is 23.0. The van der Waals surface area contributed by atoms with Gasteiger partial charge in [0.2, 0.25) is 0 Å². The summed E-state index contributed by atoms with van der Waals surface area (Å²) in [6.07, 6.45) is 7.88. The number of nitrogens with zero attached hydrogens (tertiary/aromatic N) is 1. The molecule has 0 saturated heterocycles. The van der Waals surface area contributed by atoms with Crippen LogP contribution in [0.3, 0.4) is 0 Å². The van der Waals surface area contributed by atoms with Crippen LogP contribution in [0.1, 0.15) is 36.0 Å². The van der Waals surface area contributed by atoms with Crippen molar-refractivity contribution >= 4 is 32.4 Å². The molecule has 2 saturated carbocycles. The van der Waals surface area contributed by atoms with Crippen molar-refractivity contribution < 1.29 is 13.2 Å². The van der Waals surface area contributed by atoms with Gasteiger partial charge in [-0.1, -0.05) is 30.7 Å². The number of fused-ring (bicyclic) bond motifs is 3. The highest BCUT2D eigenvalue weighted by atomic mass is 32.2. The predicted octanol–water partition coefficient (Wildman–Crippen LogP) is 3.84. The van der Waals surface area contributed by atoms with Crippen molar-refractivity contribution in [1.82, 2.24) is 9.29 Å². The third kappa shape index (κ3) is 3.17. The second-order valence-electron chi connectivity index (χ2n) is 8.44. The first-order valence-corrected chi connectivity index (χ1v) is 11.8. The number of nitrogens with one attached hydrogen (secondary N) is 2. The zero-order chi connectivity index (χ0) is 20.9. The SMILES string of the molecule is CNc1ccc(C(=O)NC2CC3CCC2C3)cc1S(=O)(=O)n1cc2ccccc2c1. The molecule has 2 aliphatic rings.